The Morgan fingerprint density at radius 3 is 3.00 bits per heavy atom. The Kier molecular flexibility index (Phi) is 5.38. The summed E-state index contributed by atoms with van der Waals surface area (Å²) in [7, 11) is 0. The first-order valence-electron chi connectivity index (χ1n) is 5.39. The molecule has 0 unspecified atom stereocenters. The Labute approximate surface area is 99.8 Å². The molecule has 0 aromatic carbocycles. The first-order valence-corrected chi connectivity index (χ1v) is 6.37. The molecule has 16 heavy (non-hydrogen) atoms. The van der Waals surface area contributed by atoms with Crippen LogP contribution < -0.4 is 0 Å². The van der Waals surface area contributed by atoms with Gasteiger partial charge < -0.3 is 9.15 Å². The minimum Gasteiger partial charge on any atom is -0.461 e. The number of oxazole rings is 1. The zero-order valence-electron chi connectivity index (χ0n) is 9.86. The van der Waals surface area contributed by atoms with E-state index in [1.165, 1.54) is 18.0 Å². The van der Waals surface area contributed by atoms with Crippen LogP contribution in [0.3, 0.4) is 0 Å². The van der Waals surface area contributed by atoms with Crippen molar-refractivity contribution in [3.63, 3.8) is 0 Å². The molecule has 0 radical (unpaired) electrons. The van der Waals surface area contributed by atoms with Crippen LogP contribution >= 0.6 is 11.8 Å². The van der Waals surface area contributed by atoms with Gasteiger partial charge in [-0.05, 0) is 19.3 Å². The molecule has 0 saturated carbocycles. The zero-order chi connectivity index (χ0) is 12.0. The number of thioether (sulfide) groups is 1. The molecule has 90 valence electrons. The average molecular weight is 243 g/mol. The van der Waals surface area contributed by atoms with E-state index in [0.29, 0.717) is 17.7 Å². The van der Waals surface area contributed by atoms with Crippen LogP contribution in [0.15, 0.2) is 15.9 Å². The molecule has 0 spiro atoms. The summed E-state index contributed by atoms with van der Waals surface area (Å²) in [5.74, 6) is 1.18. The number of rotatable bonds is 6. The summed E-state index contributed by atoms with van der Waals surface area (Å²) in [6.07, 6.45) is 2.44. The molecule has 1 heterocycles. The van der Waals surface area contributed by atoms with Gasteiger partial charge in [0.1, 0.15) is 6.26 Å². The predicted octanol–water partition coefficient (Wildman–Crippen LogP) is 2.99. The molecular weight excluding hydrogens is 226 g/mol. The third-order valence-corrected chi connectivity index (χ3v) is 2.76. The highest BCUT2D eigenvalue weighted by molar-refractivity contribution is 7.99. The van der Waals surface area contributed by atoms with Gasteiger partial charge >= 0.3 is 5.97 Å². The molecule has 1 rings (SSSR count). The summed E-state index contributed by atoms with van der Waals surface area (Å²) in [5, 5.41) is 0.531. The van der Waals surface area contributed by atoms with Gasteiger partial charge in [0.25, 0.3) is 5.22 Å². The topological polar surface area (TPSA) is 52.3 Å². The monoisotopic (exact) mass is 243 g/mol. The number of carbonyl (C=O) groups is 1. The van der Waals surface area contributed by atoms with Crippen molar-refractivity contribution in [3.8, 4) is 0 Å². The second kappa shape index (κ2) is 6.58. The molecule has 0 N–H and O–H groups in total. The molecular formula is C11H17NO3S. The van der Waals surface area contributed by atoms with Crippen LogP contribution in [0.5, 0.6) is 0 Å². The van der Waals surface area contributed by atoms with Crippen LogP contribution in [0.4, 0.5) is 0 Å². The number of nitrogens with zero attached hydrogens (tertiary/aromatic N) is 1. The van der Waals surface area contributed by atoms with E-state index in [-0.39, 0.29) is 5.69 Å². The first kappa shape index (κ1) is 13.1. The maximum Gasteiger partial charge on any atom is 0.360 e. The molecule has 5 heteroatoms. The van der Waals surface area contributed by atoms with E-state index in [2.05, 4.69) is 18.8 Å². The van der Waals surface area contributed by atoms with Crippen molar-refractivity contribution in [1.82, 2.24) is 4.98 Å². The van der Waals surface area contributed by atoms with Crippen LogP contribution in [-0.2, 0) is 4.74 Å². The van der Waals surface area contributed by atoms with Gasteiger partial charge in [-0.1, -0.05) is 25.6 Å². The molecule has 4 nitrogen and oxygen atoms in total. The van der Waals surface area contributed by atoms with Crippen LogP contribution in [0.25, 0.3) is 0 Å². The van der Waals surface area contributed by atoms with Crippen LogP contribution in [-0.4, -0.2) is 23.3 Å². The number of hydrogen-bond donors (Lipinski definition) is 0. The van der Waals surface area contributed by atoms with Gasteiger partial charge in [0.15, 0.2) is 5.69 Å². The molecule has 0 saturated heterocycles. The Hall–Kier alpha value is -0.970. The van der Waals surface area contributed by atoms with Gasteiger partial charge in [-0.15, -0.1) is 0 Å². The Morgan fingerprint density at radius 2 is 2.38 bits per heavy atom. The summed E-state index contributed by atoms with van der Waals surface area (Å²) in [6.45, 7) is 6.44. The van der Waals surface area contributed by atoms with Gasteiger partial charge in [-0.2, -0.15) is 4.98 Å². The Bertz CT molecular complexity index is 336. The Balaban J connectivity index is 2.42. The highest BCUT2D eigenvalue weighted by Crippen LogP contribution is 2.19. The van der Waals surface area contributed by atoms with Crippen LogP contribution in [0, 0.1) is 5.92 Å². The smallest absolute Gasteiger partial charge is 0.360 e. The van der Waals surface area contributed by atoms with E-state index < -0.39 is 5.97 Å². The van der Waals surface area contributed by atoms with E-state index in [1.807, 2.05) is 0 Å². The number of carbonyl (C=O) groups excluding carboxylic acids is 1. The highest BCUT2D eigenvalue weighted by atomic mass is 32.2. The average Bonchev–Trinajstić information content (AvgIpc) is 2.66. The summed E-state index contributed by atoms with van der Waals surface area (Å²) in [5.41, 5.74) is 0.244. The maximum atomic E-state index is 11.3. The third-order valence-electron chi connectivity index (χ3n) is 1.89. The molecule has 0 atom stereocenters. The third kappa shape index (κ3) is 4.26. The molecule has 0 fully saturated rings. The van der Waals surface area contributed by atoms with E-state index >= 15 is 0 Å². The van der Waals surface area contributed by atoms with Gasteiger partial charge in [0, 0.05) is 5.75 Å². The fraction of sp³-hybridized carbons (Fsp3) is 0.636. The fourth-order valence-corrected chi connectivity index (χ4v) is 2.05. The lowest BCUT2D eigenvalue weighted by molar-refractivity contribution is 0.0519. The summed E-state index contributed by atoms with van der Waals surface area (Å²) in [4.78, 5) is 15.3. The standard InChI is InChI=1S/C11H17NO3S/c1-4-14-10(13)9-7-15-11(12-9)16-6-5-8(2)3/h7-8H,4-6H2,1-3H3. The Morgan fingerprint density at radius 1 is 1.62 bits per heavy atom. The van der Waals surface area contributed by atoms with Gasteiger partial charge in [-0.3, -0.25) is 0 Å². The lowest BCUT2D eigenvalue weighted by Crippen LogP contribution is -2.04. The van der Waals surface area contributed by atoms with Crippen molar-refractivity contribution in [1.29, 1.82) is 0 Å². The number of ether oxygens (including phenoxy) is 1. The molecule has 0 amide bonds. The largest absolute Gasteiger partial charge is 0.461 e. The van der Waals surface area contributed by atoms with Crippen molar-refractivity contribution in [3.05, 3.63) is 12.0 Å². The summed E-state index contributed by atoms with van der Waals surface area (Å²) < 4.78 is 9.98. The fourth-order valence-electron chi connectivity index (χ4n) is 1.00. The van der Waals surface area contributed by atoms with Crippen molar-refractivity contribution >= 4 is 17.7 Å². The second-order valence-corrected chi connectivity index (χ2v) is 4.80. The van der Waals surface area contributed by atoms with E-state index in [9.17, 15) is 4.79 Å². The van der Waals surface area contributed by atoms with Crippen molar-refractivity contribution < 1.29 is 13.9 Å². The number of hydrogen-bond acceptors (Lipinski definition) is 5. The minimum absolute atomic E-state index is 0.244. The molecule has 1 aromatic rings. The van der Waals surface area contributed by atoms with Gasteiger partial charge in [0.05, 0.1) is 6.61 Å². The van der Waals surface area contributed by atoms with E-state index in [0.717, 1.165) is 12.2 Å². The summed E-state index contributed by atoms with van der Waals surface area (Å²) >= 11 is 1.52. The van der Waals surface area contributed by atoms with Crippen molar-refractivity contribution in [2.24, 2.45) is 5.92 Å². The van der Waals surface area contributed by atoms with Crippen LogP contribution in [0.1, 0.15) is 37.7 Å². The molecule has 0 aliphatic carbocycles. The van der Waals surface area contributed by atoms with Gasteiger partial charge in [0.2, 0.25) is 0 Å². The lowest BCUT2D eigenvalue weighted by atomic mass is 10.2. The molecule has 1 aromatic heterocycles. The van der Waals surface area contributed by atoms with Gasteiger partial charge in [-0.25, -0.2) is 4.79 Å². The highest BCUT2D eigenvalue weighted by Gasteiger charge is 2.13. The molecule has 0 aliphatic rings. The first-order chi connectivity index (χ1) is 7.63. The SMILES string of the molecule is CCOC(=O)c1coc(SCCC(C)C)n1. The lowest BCUT2D eigenvalue weighted by Gasteiger charge is -2.00. The molecule has 0 bridgehead atoms. The van der Waals surface area contributed by atoms with Crippen LogP contribution in [0.2, 0.25) is 0 Å². The predicted molar refractivity (Wildman–Crippen MR) is 62.6 cm³/mol. The van der Waals surface area contributed by atoms with E-state index in [4.69, 9.17) is 9.15 Å². The maximum absolute atomic E-state index is 11.3. The normalized spacial score (nSPS) is 10.8. The van der Waals surface area contributed by atoms with E-state index in [1.54, 1.807) is 6.92 Å². The quantitative estimate of drug-likeness (QED) is 0.568. The van der Waals surface area contributed by atoms with Crippen molar-refractivity contribution in [2.45, 2.75) is 32.4 Å². The second-order valence-electron chi connectivity index (χ2n) is 3.75. The number of aromatic nitrogens is 1. The number of esters is 1. The zero-order valence-corrected chi connectivity index (χ0v) is 10.7. The van der Waals surface area contributed by atoms with Crippen molar-refractivity contribution in [2.75, 3.05) is 12.4 Å². The summed E-state index contributed by atoms with van der Waals surface area (Å²) in [6, 6.07) is 0. The minimum atomic E-state index is -0.429. The molecule has 0 aliphatic heterocycles.